The molecule has 0 unspecified atom stereocenters. The third-order valence-electron chi connectivity index (χ3n) is 4.24. The van der Waals surface area contributed by atoms with Gasteiger partial charge in [0.25, 0.3) is 5.91 Å². The highest BCUT2D eigenvalue weighted by Gasteiger charge is 2.39. The van der Waals surface area contributed by atoms with E-state index >= 15 is 0 Å². The normalized spacial score (nSPS) is 28.1. The molecule has 0 spiro atoms. The van der Waals surface area contributed by atoms with Crippen LogP contribution in [0.25, 0.3) is 11.0 Å². The van der Waals surface area contributed by atoms with E-state index in [0.29, 0.717) is 28.5 Å². The van der Waals surface area contributed by atoms with Gasteiger partial charge in [-0.25, -0.2) is 4.98 Å². The van der Waals surface area contributed by atoms with Gasteiger partial charge in [0.15, 0.2) is 10.7 Å². The lowest BCUT2D eigenvalue weighted by atomic mass is 9.95. The largest absolute Gasteiger partial charge is 0.449 e. The molecule has 2 N–H and O–H groups in total. The van der Waals surface area contributed by atoms with Crippen molar-refractivity contribution in [3.63, 3.8) is 0 Å². The maximum atomic E-state index is 12.3. The molecule has 2 fully saturated rings. The Hall–Kier alpha value is -1.53. The molecule has 0 aromatic carbocycles. The minimum atomic E-state index is -0.117. The van der Waals surface area contributed by atoms with Gasteiger partial charge in [-0.1, -0.05) is 0 Å². The number of rotatable bonds is 2. The van der Waals surface area contributed by atoms with E-state index in [0.717, 1.165) is 18.2 Å². The van der Waals surface area contributed by atoms with E-state index < -0.39 is 0 Å². The number of nitrogens with zero attached hydrogens (tertiary/aromatic N) is 1. The van der Waals surface area contributed by atoms with Crippen molar-refractivity contribution in [2.45, 2.75) is 42.5 Å². The quantitative estimate of drug-likeness (QED) is 0.737. The molecule has 4 rings (SSSR count). The summed E-state index contributed by atoms with van der Waals surface area (Å²) < 4.78 is 5.34. The average molecular weight is 289 g/mol. The highest BCUT2D eigenvalue weighted by molar-refractivity contribution is 7.80. The molecule has 0 saturated carbocycles. The van der Waals surface area contributed by atoms with Gasteiger partial charge in [0, 0.05) is 23.5 Å². The molecule has 20 heavy (non-hydrogen) atoms. The molecule has 2 aliphatic rings. The van der Waals surface area contributed by atoms with Crippen LogP contribution in [0.5, 0.6) is 0 Å². The molecule has 0 aliphatic carbocycles. The number of carbonyl (C=O) groups excluding carboxylic acids is 1. The van der Waals surface area contributed by atoms with E-state index in [-0.39, 0.29) is 11.9 Å². The number of hydrogen-bond donors (Lipinski definition) is 3. The van der Waals surface area contributed by atoms with E-state index in [2.05, 4.69) is 28.2 Å². The molecule has 3 atom stereocenters. The fourth-order valence-corrected chi connectivity index (χ4v) is 3.52. The molecule has 0 radical (unpaired) electrons. The van der Waals surface area contributed by atoms with Crippen molar-refractivity contribution < 1.29 is 9.21 Å². The zero-order valence-electron chi connectivity index (χ0n) is 10.8. The second-order valence-corrected chi connectivity index (χ2v) is 6.00. The Labute approximate surface area is 121 Å². The summed E-state index contributed by atoms with van der Waals surface area (Å²) in [6, 6.07) is 4.75. The van der Waals surface area contributed by atoms with Crippen molar-refractivity contribution in [2.75, 3.05) is 0 Å². The summed E-state index contributed by atoms with van der Waals surface area (Å²) in [4.78, 5) is 16.4. The number of aromatic nitrogens is 1. The topological polar surface area (TPSA) is 67.2 Å². The van der Waals surface area contributed by atoms with Crippen LogP contribution in [0.3, 0.4) is 0 Å². The molecule has 2 bridgehead atoms. The predicted molar refractivity (Wildman–Crippen MR) is 77.1 cm³/mol. The fourth-order valence-electron chi connectivity index (χ4n) is 3.28. The Bertz CT molecular complexity index is 684. The van der Waals surface area contributed by atoms with Gasteiger partial charge in [-0.2, -0.15) is 0 Å². The third kappa shape index (κ3) is 1.99. The highest BCUT2D eigenvalue weighted by atomic mass is 32.1. The van der Waals surface area contributed by atoms with E-state index in [4.69, 9.17) is 4.42 Å². The fraction of sp³-hybridized carbons (Fsp3) is 0.429. The molecule has 104 valence electrons. The first-order valence-electron chi connectivity index (χ1n) is 6.84. The molecule has 5 nitrogen and oxygen atoms in total. The predicted octanol–water partition coefficient (Wildman–Crippen LogP) is 1.74. The lowest BCUT2D eigenvalue weighted by Crippen LogP contribution is -2.43. The summed E-state index contributed by atoms with van der Waals surface area (Å²) in [5, 5.41) is 7.96. The summed E-state index contributed by atoms with van der Waals surface area (Å²) in [7, 11) is 0. The zero-order valence-corrected chi connectivity index (χ0v) is 11.7. The molecule has 1 amide bonds. The molecule has 4 heterocycles. The average Bonchev–Trinajstić information content (AvgIpc) is 3.10. The summed E-state index contributed by atoms with van der Waals surface area (Å²) in [6.07, 6.45) is 4.96. The first kappa shape index (κ1) is 12.2. The monoisotopic (exact) mass is 289 g/mol. The molecular formula is C14H15N3O2S. The van der Waals surface area contributed by atoms with Gasteiger partial charge < -0.3 is 15.1 Å². The summed E-state index contributed by atoms with van der Waals surface area (Å²) in [5.41, 5.74) is 1.07. The number of hydrogen-bond acceptors (Lipinski definition) is 5. The standard InChI is InChI=1S/C14H15N3O2S/c18-14(17-10-5-8-1-2-9(10)16-8)11-3-7-4-13(20)19-12(7)6-15-11/h3-4,6,8-10,16,20H,1-2,5H2,(H,17,18)/t8-,9+,10-/m1/s1. The minimum Gasteiger partial charge on any atom is -0.449 e. The number of thiol groups is 1. The van der Waals surface area contributed by atoms with Crippen molar-refractivity contribution in [3.8, 4) is 0 Å². The number of fused-ring (bicyclic) bond motifs is 3. The number of nitrogens with one attached hydrogen (secondary N) is 2. The van der Waals surface area contributed by atoms with E-state index in [1.165, 1.54) is 6.42 Å². The van der Waals surface area contributed by atoms with Gasteiger partial charge in [-0.15, -0.1) is 12.6 Å². The van der Waals surface area contributed by atoms with Gasteiger partial charge in [0.1, 0.15) is 5.69 Å². The van der Waals surface area contributed by atoms with Crippen LogP contribution in [0.4, 0.5) is 0 Å². The first-order valence-corrected chi connectivity index (χ1v) is 7.29. The second-order valence-electron chi connectivity index (χ2n) is 5.56. The van der Waals surface area contributed by atoms with Crippen molar-refractivity contribution in [2.24, 2.45) is 0 Å². The van der Waals surface area contributed by atoms with Gasteiger partial charge in [-0.3, -0.25) is 4.79 Å². The number of furan rings is 1. The Morgan fingerprint density at radius 1 is 1.45 bits per heavy atom. The summed E-state index contributed by atoms with van der Waals surface area (Å²) in [6.45, 7) is 0. The van der Waals surface area contributed by atoms with E-state index in [9.17, 15) is 4.79 Å². The maximum absolute atomic E-state index is 12.3. The Kier molecular flexibility index (Phi) is 2.75. The molecule has 2 aliphatic heterocycles. The van der Waals surface area contributed by atoms with Gasteiger partial charge in [-0.05, 0) is 31.4 Å². The van der Waals surface area contributed by atoms with E-state index in [1.807, 2.05) is 0 Å². The SMILES string of the molecule is O=C(N[C@@H]1C[C@H]2CC[C@@H]1N2)c1cc2cc(S)oc2cn1. The van der Waals surface area contributed by atoms with Crippen LogP contribution in [0.15, 0.2) is 27.8 Å². The second kappa shape index (κ2) is 4.49. The summed E-state index contributed by atoms with van der Waals surface area (Å²) in [5.74, 6) is -0.117. The van der Waals surface area contributed by atoms with Gasteiger partial charge in [0.2, 0.25) is 0 Å². The van der Waals surface area contributed by atoms with Crippen LogP contribution in [-0.4, -0.2) is 29.0 Å². The van der Waals surface area contributed by atoms with Crippen LogP contribution in [0.1, 0.15) is 29.8 Å². The minimum absolute atomic E-state index is 0.117. The Morgan fingerprint density at radius 3 is 3.10 bits per heavy atom. The van der Waals surface area contributed by atoms with Crippen molar-refractivity contribution >= 4 is 29.5 Å². The summed E-state index contributed by atoms with van der Waals surface area (Å²) >= 11 is 4.15. The van der Waals surface area contributed by atoms with Crippen molar-refractivity contribution in [3.05, 3.63) is 24.0 Å². The van der Waals surface area contributed by atoms with Crippen LogP contribution in [0, 0.1) is 0 Å². The third-order valence-corrected chi connectivity index (χ3v) is 4.46. The van der Waals surface area contributed by atoms with Gasteiger partial charge >= 0.3 is 0 Å². The van der Waals surface area contributed by atoms with E-state index in [1.54, 1.807) is 18.3 Å². The molecule has 2 aromatic rings. The Morgan fingerprint density at radius 2 is 2.35 bits per heavy atom. The molecular weight excluding hydrogens is 274 g/mol. The maximum Gasteiger partial charge on any atom is 0.270 e. The van der Waals surface area contributed by atoms with Crippen molar-refractivity contribution in [1.82, 2.24) is 15.6 Å². The number of pyridine rings is 1. The number of amides is 1. The Balaban J connectivity index is 1.54. The lowest BCUT2D eigenvalue weighted by Gasteiger charge is -2.21. The van der Waals surface area contributed by atoms with Gasteiger partial charge in [0.05, 0.1) is 6.20 Å². The van der Waals surface area contributed by atoms with Crippen LogP contribution < -0.4 is 10.6 Å². The van der Waals surface area contributed by atoms with Crippen molar-refractivity contribution in [1.29, 1.82) is 0 Å². The van der Waals surface area contributed by atoms with Crippen LogP contribution in [-0.2, 0) is 0 Å². The highest BCUT2D eigenvalue weighted by Crippen LogP contribution is 2.28. The zero-order chi connectivity index (χ0) is 13.7. The van der Waals surface area contributed by atoms with Crippen LogP contribution >= 0.6 is 12.6 Å². The molecule has 6 heteroatoms. The van der Waals surface area contributed by atoms with Crippen LogP contribution in [0.2, 0.25) is 0 Å². The number of carbonyl (C=O) groups is 1. The lowest BCUT2D eigenvalue weighted by molar-refractivity contribution is 0.0926. The molecule has 2 saturated heterocycles. The smallest absolute Gasteiger partial charge is 0.270 e. The molecule has 2 aromatic heterocycles. The first-order chi connectivity index (χ1) is 9.69.